The quantitative estimate of drug-likeness (QED) is 0.380. The first-order valence-corrected chi connectivity index (χ1v) is 17.8. The molecule has 39 heavy (non-hydrogen) atoms. The zero-order chi connectivity index (χ0) is 27.0. The summed E-state index contributed by atoms with van der Waals surface area (Å²) < 4.78 is 37.5. The number of Topliss-reactive ketones (excluding diaryl/α,β-unsaturated/α-hetero) is 1. The molecule has 0 aromatic rings. The zero-order valence-electron chi connectivity index (χ0n) is 23.1. The molecule has 1 aliphatic carbocycles. The number of ether oxygens (including phenoxy) is 2. The van der Waals surface area contributed by atoms with Crippen LogP contribution in [0, 0.1) is 11.8 Å². The van der Waals surface area contributed by atoms with Crippen LogP contribution in [0.3, 0.4) is 0 Å². The van der Waals surface area contributed by atoms with Crippen LogP contribution in [0.2, 0.25) is 0 Å². The lowest BCUT2D eigenvalue weighted by molar-refractivity contribution is -0.170. The lowest BCUT2D eigenvalue weighted by Crippen LogP contribution is -2.68. The van der Waals surface area contributed by atoms with Crippen LogP contribution in [0.15, 0.2) is 0 Å². The highest BCUT2D eigenvalue weighted by atomic mass is 32.2. The van der Waals surface area contributed by atoms with E-state index in [-0.39, 0.29) is 30.0 Å². The molecule has 11 nitrogen and oxygen atoms in total. The first-order valence-electron chi connectivity index (χ1n) is 14.9. The van der Waals surface area contributed by atoms with Crippen LogP contribution in [0.1, 0.15) is 38.5 Å². The standard InChI is InChI=1S/C26H46N6O5S2/c1-39(34,35)32-10-8-30(9-11-32)22-6-7-27-26(29-22)28-19-4-2-18(3-5-19)20-17-38-25-21(33)16-23(37-24(20)25)31-12-14-36-15-13-31/h18-20,22-29H,2-17H2,1H3. The number of carbonyl (C=O) groups excluding carboxylic acids is 1. The number of fused-ring (bicyclic) bond motifs is 1. The Hall–Kier alpha value is -0.350. The minimum Gasteiger partial charge on any atom is -0.379 e. The van der Waals surface area contributed by atoms with Crippen molar-refractivity contribution >= 4 is 27.6 Å². The maximum absolute atomic E-state index is 13.0. The molecule has 6 aliphatic rings. The van der Waals surface area contributed by atoms with Crippen LogP contribution >= 0.6 is 11.8 Å². The first kappa shape index (κ1) is 28.8. The molecule has 0 bridgehead atoms. The molecule has 0 aromatic carbocycles. The summed E-state index contributed by atoms with van der Waals surface area (Å²) in [6.45, 7) is 6.75. The molecule has 1 saturated carbocycles. The smallest absolute Gasteiger partial charge is 0.211 e. The molecular formula is C26H46N6O5S2. The van der Waals surface area contributed by atoms with E-state index in [1.54, 1.807) is 4.31 Å². The molecule has 0 radical (unpaired) electrons. The molecule has 5 saturated heterocycles. The number of carbonyl (C=O) groups is 1. The van der Waals surface area contributed by atoms with Gasteiger partial charge in [-0.2, -0.15) is 4.31 Å². The summed E-state index contributed by atoms with van der Waals surface area (Å²) in [5.74, 6) is 2.51. The van der Waals surface area contributed by atoms with E-state index in [0.29, 0.717) is 43.2 Å². The molecule has 5 heterocycles. The van der Waals surface area contributed by atoms with Gasteiger partial charge in [0.25, 0.3) is 0 Å². The Morgan fingerprint density at radius 3 is 2.44 bits per heavy atom. The van der Waals surface area contributed by atoms with Gasteiger partial charge in [-0.3, -0.25) is 30.5 Å². The molecular weight excluding hydrogens is 540 g/mol. The number of thioether (sulfide) groups is 1. The van der Waals surface area contributed by atoms with Crippen LogP contribution in [0.25, 0.3) is 0 Å². The van der Waals surface area contributed by atoms with E-state index in [0.717, 1.165) is 71.0 Å². The van der Waals surface area contributed by atoms with Crippen molar-refractivity contribution in [3.05, 3.63) is 0 Å². The van der Waals surface area contributed by atoms with Crippen LogP contribution in [0.5, 0.6) is 0 Å². The highest BCUT2D eigenvalue weighted by Gasteiger charge is 2.50. The van der Waals surface area contributed by atoms with Gasteiger partial charge in [0, 0.05) is 58.3 Å². The molecule has 0 spiro atoms. The Labute approximate surface area is 237 Å². The second-order valence-corrected chi connectivity index (χ2v) is 15.3. The second kappa shape index (κ2) is 12.5. The van der Waals surface area contributed by atoms with Crippen molar-refractivity contribution in [2.75, 3.05) is 71.0 Å². The Kier molecular flexibility index (Phi) is 9.20. The van der Waals surface area contributed by atoms with Gasteiger partial charge in [-0.25, -0.2) is 8.42 Å². The number of nitrogens with zero attached hydrogens (tertiary/aromatic N) is 3. The molecule has 0 amide bonds. The third-order valence-corrected chi connectivity index (χ3v) is 12.5. The van der Waals surface area contributed by atoms with Gasteiger partial charge >= 0.3 is 0 Å². The van der Waals surface area contributed by atoms with Crippen molar-refractivity contribution in [2.45, 2.75) is 74.6 Å². The van der Waals surface area contributed by atoms with Gasteiger partial charge in [-0.1, -0.05) is 0 Å². The molecule has 222 valence electrons. The third-order valence-electron chi connectivity index (χ3n) is 9.74. The SMILES string of the molecule is CS(=O)(=O)N1CCN(C2CCNC(NC3CCC(C4CSC5C(=O)CC(N6CCOCC6)OC54)CC3)N2)CC1. The fourth-order valence-electron chi connectivity index (χ4n) is 7.47. The number of nitrogens with one attached hydrogen (secondary N) is 3. The van der Waals surface area contributed by atoms with E-state index < -0.39 is 10.0 Å². The van der Waals surface area contributed by atoms with Crippen molar-refractivity contribution in [3.63, 3.8) is 0 Å². The fraction of sp³-hybridized carbons (Fsp3) is 0.962. The van der Waals surface area contributed by atoms with Gasteiger partial charge < -0.3 is 9.47 Å². The lowest BCUT2D eigenvalue weighted by Gasteiger charge is -2.44. The van der Waals surface area contributed by atoms with Gasteiger partial charge in [0.05, 0.1) is 37.0 Å². The average Bonchev–Trinajstić information content (AvgIpc) is 3.38. The molecule has 6 atom stereocenters. The molecule has 5 aliphatic heterocycles. The van der Waals surface area contributed by atoms with Crippen LogP contribution in [-0.4, -0.2) is 135 Å². The molecule has 3 N–H and O–H groups in total. The zero-order valence-corrected chi connectivity index (χ0v) is 24.8. The third kappa shape index (κ3) is 6.68. The highest BCUT2D eigenvalue weighted by Crippen LogP contribution is 2.46. The predicted molar refractivity (Wildman–Crippen MR) is 151 cm³/mol. The fourth-order valence-corrected chi connectivity index (χ4v) is 9.93. The summed E-state index contributed by atoms with van der Waals surface area (Å²) in [5, 5.41) is 11.2. The van der Waals surface area contributed by atoms with Gasteiger partial charge in [0.1, 0.15) is 12.5 Å². The van der Waals surface area contributed by atoms with E-state index in [4.69, 9.17) is 9.47 Å². The number of sulfonamides is 1. The van der Waals surface area contributed by atoms with Crippen molar-refractivity contribution in [2.24, 2.45) is 11.8 Å². The van der Waals surface area contributed by atoms with Crippen LogP contribution < -0.4 is 16.0 Å². The number of morpholine rings is 1. The minimum atomic E-state index is -3.11. The van der Waals surface area contributed by atoms with Gasteiger partial charge in [0.2, 0.25) is 10.0 Å². The normalized spacial score (nSPS) is 41.9. The molecule has 6 rings (SSSR count). The summed E-state index contributed by atoms with van der Waals surface area (Å²) in [6, 6.07) is 0.465. The van der Waals surface area contributed by atoms with Crippen molar-refractivity contribution in [1.29, 1.82) is 0 Å². The summed E-state index contributed by atoms with van der Waals surface area (Å²) in [7, 11) is -3.11. The summed E-state index contributed by atoms with van der Waals surface area (Å²) >= 11 is 1.83. The number of piperazine rings is 1. The van der Waals surface area contributed by atoms with Gasteiger partial charge in [-0.05, 0) is 49.7 Å². The lowest BCUT2D eigenvalue weighted by atomic mass is 9.75. The van der Waals surface area contributed by atoms with Crippen LogP contribution in [-0.2, 0) is 24.3 Å². The maximum Gasteiger partial charge on any atom is 0.211 e. The summed E-state index contributed by atoms with van der Waals surface area (Å²) in [4.78, 5) is 17.7. The van der Waals surface area contributed by atoms with Crippen molar-refractivity contribution in [3.8, 4) is 0 Å². The maximum atomic E-state index is 13.0. The second-order valence-electron chi connectivity index (χ2n) is 12.1. The van der Waals surface area contributed by atoms with E-state index in [1.165, 1.54) is 19.1 Å². The highest BCUT2D eigenvalue weighted by molar-refractivity contribution is 8.01. The average molecular weight is 587 g/mol. The monoisotopic (exact) mass is 586 g/mol. The van der Waals surface area contributed by atoms with Crippen molar-refractivity contribution < 1.29 is 22.7 Å². The number of ketones is 1. The minimum absolute atomic E-state index is 0.0232. The first-order chi connectivity index (χ1) is 18.8. The molecule has 6 fully saturated rings. The Morgan fingerprint density at radius 2 is 1.72 bits per heavy atom. The van der Waals surface area contributed by atoms with E-state index in [1.807, 2.05) is 11.8 Å². The number of rotatable bonds is 6. The Bertz CT molecular complexity index is 952. The Morgan fingerprint density at radius 1 is 0.974 bits per heavy atom. The van der Waals surface area contributed by atoms with E-state index >= 15 is 0 Å². The van der Waals surface area contributed by atoms with Crippen LogP contribution in [0.4, 0.5) is 0 Å². The number of hydrogen-bond acceptors (Lipinski definition) is 11. The largest absolute Gasteiger partial charge is 0.379 e. The van der Waals surface area contributed by atoms with Gasteiger partial charge in [0.15, 0.2) is 5.78 Å². The molecule has 13 heteroatoms. The number of hydrogen-bond donors (Lipinski definition) is 3. The van der Waals surface area contributed by atoms with Crippen molar-refractivity contribution in [1.82, 2.24) is 30.1 Å². The predicted octanol–water partition coefficient (Wildman–Crippen LogP) is -0.347. The molecule has 6 unspecified atom stereocenters. The van der Waals surface area contributed by atoms with E-state index in [9.17, 15) is 13.2 Å². The summed E-state index contributed by atoms with van der Waals surface area (Å²) in [5.41, 5.74) is 0. The molecule has 0 aromatic heterocycles. The summed E-state index contributed by atoms with van der Waals surface area (Å²) in [6.07, 6.45) is 7.77. The topological polar surface area (TPSA) is 115 Å². The van der Waals surface area contributed by atoms with E-state index in [2.05, 4.69) is 25.8 Å². The Balaban J connectivity index is 0.968. The van der Waals surface area contributed by atoms with Gasteiger partial charge in [-0.15, -0.1) is 11.8 Å².